The average Bonchev–Trinajstić information content (AvgIpc) is 2.23. The zero-order valence-electron chi connectivity index (χ0n) is 7.50. The zero-order valence-corrected chi connectivity index (χ0v) is 7.50. The number of benzene rings is 2. The number of rotatable bonds is 1. The van der Waals surface area contributed by atoms with Gasteiger partial charge in [0.15, 0.2) is 11.6 Å². The van der Waals surface area contributed by atoms with Gasteiger partial charge in [0.1, 0.15) is 0 Å². The Hall–Kier alpha value is -1.97. The van der Waals surface area contributed by atoms with E-state index in [9.17, 15) is 13.6 Å². The highest BCUT2D eigenvalue weighted by Gasteiger charge is 2.09. The summed E-state index contributed by atoms with van der Waals surface area (Å²) in [5.74, 6) is -2.99. The highest BCUT2D eigenvalue weighted by molar-refractivity contribution is 5.94. The molecule has 0 spiro atoms. The molecular formula is C11H6F2O2. The van der Waals surface area contributed by atoms with E-state index in [1.54, 1.807) is 0 Å². The summed E-state index contributed by atoms with van der Waals surface area (Å²) in [6.45, 7) is 0. The van der Waals surface area contributed by atoms with Gasteiger partial charge >= 0.3 is 5.97 Å². The normalized spacial score (nSPS) is 10.5. The summed E-state index contributed by atoms with van der Waals surface area (Å²) < 4.78 is 26.0. The Kier molecular flexibility index (Phi) is 2.11. The number of carbonyl (C=O) groups is 1. The Morgan fingerprint density at radius 1 is 1.13 bits per heavy atom. The van der Waals surface area contributed by atoms with Gasteiger partial charge in [-0.1, -0.05) is 12.1 Å². The van der Waals surface area contributed by atoms with Crippen molar-refractivity contribution in [3.05, 3.63) is 47.5 Å². The number of aromatic carboxylic acids is 1. The number of carboxylic acid groups (broad SMARTS) is 1. The van der Waals surface area contributed by atoms with Crippen LogP contribution < -0.4 is 0 Å². The molecule has 2 aromatic rings. The van der Waals surface area contributed by atoms with Crippen molar-refractivity contribution in [2.24, 2.45) is 0 Å². The molecule has 2 rings (SSSR count). The minimum atomic E-state index is -1.10. The highest BCUT2D eigenvalue weighted by Crippen LogP contribution is 2.21. The topological polar surface area (TPSA) is 37.3 Å². The second-order valence-electron chi connectivity index (χ2n) is 3.10. The Balaban J connectivity index is 2.75. The van der Waals surface area contributed by atoms with Gasteiger partial charge in [0.2, 0.25) is 0 Å². The Morgan fingerprint density at radius 2 is 1.87 bits per heavy atom. The van der Waals surface area contributed by atoms with E-state index in [4.69, 9.17) is 5.11 Å². The Bertz CT molecular complexity index is 550. The predicted molar refractivity (Wildman–Crippen MR) is 50.8 cm³/mol. The lowest BCUT2D eigenvalue weighted by Crippen LogP contribution is -1.96. The van der Waals surface area contributed by atoms with Crippen molar-refractivity contribution in [2.75, 3.05) is 0 Å². The summed E-state index contributed by atoms with van der Waals surface area (Å²) in [7, 11) is 0. The molecule has 76 valence electrons. The van der Waals surface area contributed by atoms with E-state index in [1.165, 1.54) is 24.3 Å². The molecule has 0 atom stereocenters. The molecule has 0 saturated heterocycles. The third-order valence-corrected chi connectivity index (χ3v) is 2.15. The summed E-state index contributed by atoms with van der Waals surface area (Å²) >= 11 is 0. The van der Waals surface area contributed by atoms with Crippen LogP contribution in [-0.4, -0.2) is 11.1 Å². The highest BCUT2D eigenvalue weighted by atomic mass is 19.2. The first kappa shape index (κ1) is 9.58. The average molecular weight is 208 g/mol. The third kappa shape index (κ3) is 1.54. The first-order valence-electron chi connectivity index (χ1n) is 4.20. The minimum absolute atomic E-state index is 0.0495. The molecule has 0 aromatic heterocycles. The van der Waals surface area contributed by atoms with Crippen molar-refractivity contribution >= 4 is 16.7 Å². The zero-order chi connectivity index (χ0) is 11.0. The molecule has 0 aliphatic heterocycles. The van der Waals surface area contributed by atoms with Crippen LogP contribution in [0, 0.1) is 11.6 Å². The SMILES string of the molecule is O=C(O)c1ccc2c(F)c(F)ccc2c1. The van der Waals surface area contributed by atoms with Crippen LogP contribution in [0.3, 0.4) is 0 Å². The Labute approximate surface area is 83.8 Å². The van der Waals surface area contributed by atoms with Crippen molar-refractivity contribution in [3.8, 4) is 0 Å². The van der Waals surface area contributed by atoms with E-state index in [2.05, 4.69) is 0 Å². The summed E-state index contributed by atoms with van der Waals surface area (Å²) in [4.78, 5) is 10.6. The lowest BCUT2D eigenvalue weighted by molar-refractivity contribution is 0.0697. The number of halogens is 2. The maximum Gasteiger partial charge on any atom is 0.335 e. The molecule has 2 nitrogen and oxygen atoms in total. The Morgan fingerprint density at radius 3 is 2.53 bits per heavy atom. The fraction of sp³-hybridized carbons (Fsp3) is 0. The van der Waals surface area contributed by atoms with Gasteiger partial charge in [0, 0.05) is 5.39 Å². The lowest BCUT2D eigenvalue weighted by Gasteiger charge is -2.01. The van der Waals surface area contributed by atoms with Gasteiger partial charge in [-0.2, -0.15) is 0 Å². The number of fused-ring (bicyclic) bond motifs is 1. The van der Waals surface area contributed by atoms with Crippen molar-refractivity contribution in [3.63, 3.8) is 0 Å². The fourth-order valence-corrected chi connectivity index (χ4v) is 1.40. The van der Waals surface area contributed by atoms with E-state index in [-0.39, 0.29) is 10.9 Å². The number of carboxylic acids is 1. The predicted octanol–water partition coefficient (Wildman–Crippen LogP) is 2.82. The molecule has 0 bridgehead atoms. The van der Waals surface area contributed by atoms with Crippen LogP contribution in [0.1, 0.15) is 10.4 Å². The molecular weight excluding hydrogens is 202 g/mol. The molecule has 2 aromatic carbocycles. The van der Waals surface area contributed by atoms with Crippen LogP contribution >= 0.6 is 0 Å². The van der Waals surface area contributed by atoms with E-state index < -0.39 is 17.6 Å². The summed E-state index contributed by atoms with van der Waals surface area (Å²) in [6.07, 6.45) is 0. The quantitative estimate of drug-likeness (QED) is 0.782. The fourth-order valence-electron chi connectivity index (χ4n) is 1.40. The van der Waals surface area contributed by atoms with Crippen molar-refractivity contribution in [2.45, 2.75) is 0 Å². The van der Waals surface area contributed by atoms with Crippen molar-refractivity contribution in [1.82, 2.24) is 0 Å². The van der Waals surface area contributed by atoms with E-state index in [0.717, 1.165) is 6.07 Å². The van der Waals surface area contributed by atoms with Crippen LogP contribution in [0.15, 0.2) is 30.3 Å². The van der Waals surface area contributed by atoms with Gasteiger partial charge in [-0.3, -0.25) is 0 Å². The maximum atomic E-state index is 13.2. The molecule has 15 heavy (non-hydrogen) atoms. The monoisotopic (exact) mass is 208 g/mol. The largest absolute Gasteiger partial charge is 0.478 e. The molecule has 4 heteroatoms. The van der Waals surface area contributed by atoms with Crippen LogP contribution in [0.2, 0.25) is 0 Å². The second-order valence-corrected chi connectivity index (χ2v) is 3.10. The molecule has 0 aliphatic carbocycles. The number of hydrogen-bond acceptors (Lipinski definition) is 1. The van der Waals surface area contributed by atoms with Gasteiger partial charge in [-0.25, -0.2) is 13.6 Å². The lowest BCUT2D eigenvalue weighted by atomic mass is 10.1. The first-order chi connectivity index (χ1) is 7.09. The van der Waals surface area contributed by atoms with Gasteiger partial charge in [0.05, 0.1) is 5.56 Å². The number of hydrogen-bond donors (Lipinski definition) is 1. The molecule has 0 radical (unpaired) electrons. The minimum Gasteiger partial charge on any atom is -0.478 e. The summed E-state index contributed by atoms with van der Waals surface area (Å²) in [5.41, 5.74) is 0.0495. The smallest absolute Gasteiger partial charge is 0.335 e. The first-order valence-corrected chi connectivity index (χ1v) is 4.20. The van der Waals surface area contributed by atoms with Crippen LogP contribution in [0.5, 0.6) is 0 Å². The summed E-state index contributed by atoms with van der Waals surface area (Å²) in [5, 5.41) is 9.15. The van der Waals surface area contributed by atoms with E-state index in [1.807, 2.05) is 0 Å². The second kappa shape index (κ2) is 3.31. The van der Waals surface area contributed by atoms with Gasteiger partial charge < -0.3 is 5.11 Å². The molecule has 0 fully saturated rings. The molecule has 0 aliphatic rings. The van der Waals surface area contributed by atoms with Crippen LogP contribution in [0.25, 0.3) is 10.8 Å². The van der Waals surface area contributed by atoms with Gasteiger partial charge in [-0.15, -0.1) is 0 Å². The standard InChI is InChI=1S/C11H6F2O2/c12-9-4-2-6-5-7(11(14)15)1-3-8(6)10(9)13/h1-5H,(H,14,15). The molecule has 0 saturated carbocycles. The van der Waals surface area contributed by atoms with Crippen LogP contribution in [-0.2, 0) is 0 Å². The van der Waals surface area contributed by atoms with Crippen molar-refractivity contribution < 1.29 is 18.7 Å². The van der Waals surface area contributed by atoms with E-state index in [0.29, 0.717) is 5.39 Å². The van der Waals surface area contributed by atoms with Gasteiger partial charge in [0.25, 0.3) is 0 Å². The van der Waals surface area contributed by atoms with E-state index >= 15 is 0 Å². The third-order valence-electron chi connectivity index (χ3n) is 2.15. The van der Waals surface area contributed by atoms with Crippen molar-refractivity contribution in [1.29, 1.82) is 0 Å². The summed E-state index contributed by atoms with van der Waals surface area (Å²) in [6, 6.07) is 6.13. The van der Waals surface area contributed by atoms with Crippen LogP contribution in [0.4, 0.5) is 8.78 Å². The molecule has 0 unspecified atom stereocenters. The maximum absolute atomic E-state index is 13.2. The molecule has 0 amide bonds. The molecule has 0 heterocycles. The molecule has 1 N–H and O–H groups in total. The van der Waals surface area contributed by atoms with Gasteiger partial charge in [-0.05, 0) is 23.6 Å².